The minimum absolute atomic E-state index is 0.0649. The van der Waals surface area contributed by atoms with Crippen LogP contribution in [-0.2, 0) is 20.7 Å². The fourth-order valence-electron chi connectivity index (χ4n) is 5.53. The standard InChI is InChI=1S/C23H30N4O3/c1-16(2)25-11-13-26(14-12-25)21(28)19-18-3-7-23(30-18)15-27(22(29)20(19)23)10-6-17-4-8-24-9-5-17/h3-5,7-9,16,18-20H,6,10-15H2,1-2H3/t18-,19+,20-,23-/m0/s1. The average molecular weight is 411 g/mol. The van der Waals surface area contributed by atoms with Crippen molar-refractivity contribution in [2.45, 2.75) is 38.0 Å². The highest BCUT2D eigenvalue weighted by molar-refractivity contribution is 5.93. The molecule has 1 aromatic rings. The van der Waals surface area contributed by atoms with Gasteiger partial charge >= 0.3 is 0 Å². The number of rotatable bonds is 5. The van der Waals surface area contributed by atoms with Gasteiger partial charge in [0.15, 0.2) is 0 Å². The van der Waals surface area contributed by atoms with E-state index in [0.717, 1.165) is 38.2 Å². The highest BCUT2D eigenvalue weighted by Gasteiger charge is 2.67. The number of ether oxygens (including phenoxy) is 1. The van der Waals surface area contributed by atoms with E-state index in [9.17, 15) is 9.59 Å². The molecule has 160 valence electrons. The molecule has 0 aliphatic carbocycles. The number of hydrogen-bond acceptors (Lipinski definition) is 5. The van der Waals surface area contributed by atoms with Crippen molar-refractivity contribution in [3.05, 3.63) is 42.2 Å². The summed E-state index contributed by atoms with van der Waals surface area (Å²) in [4.78, 5) is 37.1. The van der Waals surface area contributed by atoms with Gasteiger partial charge in [-0.25, -0.2) is 0 Å². The molecule has 4 aliphatic heterocycles. The van der Waals surface area contributed by atoms with Gasteiger partial charge in [0.05, 0.1) is 24.5 Å². The maximum Gasteiger partial charge on any atom is 0.230 e. The summed E-state index contributed by atoms with van der Waals surface area (Å²) in [5.74, 6) is -0.626. The Morgan fingerprint density at radius 3 is 2.67 bits per heavy atom. The third kappa shape index (κ3) is 3.15. The Balaban J connectivity index is 1.28. The second-order valence-electron chi connectivity index (χ2n) is 9.22. The summed E-state index contributed by atoms with van der Waals surface area (Å²) < 4.78 is 6.28. The number of likely N-dealkylation sites (tertiary alicyclic amines) is 1. The van der Waals surface area contributed by atoms with Gasteiger partial charge in [0.25, 0.3) is 0 Å². The maximum absolute atomic E-state index is 13.5. The second-order valence-corrected chi connectivity index (χ2v) is 9.22. The molecular weight excluding hydrogens is 380 g/mol. The molecule has 4 aliphatic rings. The Morgan fingerprint density at radius 1 is 1.23 bits per heavy atom. The zero-order valence-electron chi connectivity index (χ0n) is 17.7. The van der Waals surface area contributed by atoms with Gasteiger partial charge in [0.1, 0.15) is 5.60 Å². The SMILES string of the molecule is CC(C)N1CCN(C(=O)[C@@H]2[C@@H]3C=C[C@@]4(CN(CCc5ccncc5)C(=O)[C@H]24)O3)CC1. The zero-order valence-corrected chi connectivity index (χ0v) is 17.7. The van der Waals surface area contributed by atoms with Crippen molar-refractivity contribution in [1.82, 2.24) is 19.7 Å². The van der Waals surface area contributed by atoms with Crippen molar-refractivity contribution in [1.29, 1.82) is 0 Å². The van der Waals surface area contributed by atoms with Gasteiger partial charge in [-0.05, 0) is 38.0 Å². The molecule has 3 fully saturated rings. The lowest BCUT2D eigenvalue weighted by atomic mass is 9.76. The van der Waals surface area contributed by atoms with E-state index in [1.807, 2.05) is 34.1 Å². The second kappa shape index (κ2) is 7.46. The molecule has 0 aromatic carbocycles. The zero-order chi connectivity index (χ0) is 20.9. The number of carbonyl (C=O) groups excluding carboxylic acids is 2. The quantitative estimate of drug-likeness (QED) is 0.677. The Kier molecular flexibility index (Phi) is 4.90. The molecule has 0 N–H and O–H groups in total. The molecule has 0 radical (unpaired) electrons. The number of carbonyl (C=O) groups is 2. The van der Waals surface area contributed by atoms with Crippen molar-refractivity contribution in [2.24, 2.45) is 11.8 Å². The largest absolute Gasteiger partial charge is 0.360 e. The van der Waals surface area contributed by atoms with Crippen molar-refractivity contribution >= 4 is 11.8 Å². The van der Waals surface area contributed by atoms with Crippen LogP contribution < -0.4 is 0 Å². The van der Waals surface area contributed by atoms with Crippen molar-refractivity contribution in [3.8, 4) is 0 Å². The maximum atomic E-state index is 13.5. The Morgan fingerprint density at radius 2 is 1.97 bits per heavy atom. The lowest BCUT2D eigenvalue weighted by molar-refractivity contribution is -0.144. The summed E-state index contributed by atoms with van der Waals surface area (Å²) in [5.41, 5.74) is 0.531. The average Bonchev–Trinajstić information content (AvgIpc) is 3.40. The number of aromatic nitrogens is 1. The molecule has 7 nitrogen and oxygen atoms in total. The summed E-state index contributed by atoms with van der Waals surface area (Å²) in [5, 5.41) is 0. The van der Waals surface area contributed by atoms with Gasteiger partial charge in [0.2, 0.25) is 11.8 Å². The Hall–Kier alpha value is -2.25. The fraction of sp³-hybridized carbons (Fsp3) is 0.609. The summed E-state index contributed by atoms with van der Waals surface area (Å²) >= 11 is 0. The highest BCUT2D eigenvalue weighted by atomic mass is 16.5. The van der Waals surface area contributed by atoms with Crippen LogP contribution in [0.3, 0.4) is 0 Å². The van der Waals surface area contributed by atoms with E-state index in [1.54, 1.807) is 12.4 Å². The molecule has 3 saturated heterocycles. The predicted octanol–water partition coefficient (Wildman–Crippen LogP) is 0.959. The van der Waals surface area contributed by atoms with E-state index in [4.69, 9.17) is 4.74 Å². The van der Waals surface area contributed by atoms with Gasteiger partial charge in [0, 0.05) is 51.2 Å². The van der Waals surface area contributed by atoms with Crippen LogP contribution in [0.2, 0.25) is 0 Å². The van der Waals surface area contributed by atoms with E-state index in [-0.39, 0.29) is 29.8 Å². The predicted molar refractivity (Wildman–Crippen MR) is 112 cm³/mol. The van der Waals surface area contributed by atoms with Crippen LogP contribution in [0, 0.1) is 11.8 Å². The minimum atomic E-state index is -0.625. The minimum Gasteiger partial charge on any atom is -0.360 e. The number of piperazine rings is 1. The van der Waals surface area contributed by atoms with Gasteiger partial charge in [-0.15, -0.1) is 0 Å². The topological polar surface area (TPSA) is 66.0 Å². The normalized spacial score (nSPS) is 33.0. The van der Waals surface area contributed by atoms with Gasteiger partial charge in [-0.3, -0.25) is 19.5 Å². The Labute approximate surface area is 177 Å². The van der Waals surface area contributed by atoms with Crippen LogP contribution in [0.5, 0.6) is 0 Å². The lowest BCUT2D eigenvalue weighted by Gasteiger charge is -2.39. The third-order valence-corrected chi connectivity index (χ3v) is 7.24. The van der Waals surface area contributed by atoms with Crippen molar-refractivity contribution < 1.29 is 14.3 Å². The summed E-state index contributed by atoms with van der Waals surface area (Å²) in [6, 6.07) is 4.44. The monoisotopic (exact) mass is 410 g/mol. The van der Waals surface area contributed by atoms with Crippen molar-refractivity contribution in [2.75, 3.05) is 39.3 Å². The molecule has 30 heavy (non-hydrogen) atoms. The number of nitrogens with zero attached hydrogens (tertiary/aromatic N) is 4. The van der Waals surface area contributed by atoms with E-state index in [2.05, 4.69) is 23.7 Å². The molecular formula is C23H30N4O3. The van der Waals surface area contributed by atoms with E-state index >= 15 is 0 Å². The van der Waals surface area contributed by atoms with Gasteiger partial charge in [-0.2, -0.15) is 0 Å². The Bertz CT molecular complexity index is 849. The highest BCUT2D eigenvalue weighted by Crippen LogP contribution is 2.52. The smallest absolute Gasteiger partial charge is 0.230 e. The van der Waals surface area contributed by atoms with Crippen LogP contribution in [0.1, 0.15) is 19.4 Å². The fourth-order valence-corrected chi connectivity index (χ4v) is 5.53. The van der Waals surface area contributed by atoms with Crippen LogP contribution in [-0.4, -0.2) is 88.5 Å². The number of amides is 2. The molecule has 0 saturated carbocycles. The first-order valence-electron chi connectivity index (χ1n) is 11.1. The molecule has 5 rings (SSSR count). The van der Waals surface area contributed by atoms with Gasteiger partial charge in [-0.1, -0.05) is 12.2 Å². The first kappa shape index (κ1) is 19.7. The molecule has 1 spiro atoms. The molecule has 2 amide bonds. The summed E-state index contributed by atoms with van der Waals surface area (Å²) in [6.45, 7) is 8.78. The number of hydrogen-bond donors (Lipinski definition) is 0. The van der Waals surface area contributed by atoms with Gasteiger partial charge < -0.3 is 14.5 Å². The molecule has 5 heterocycles. The number of pyridine rings is 1. The number of fused-ring (bicyclic) bond motifs is 1. The molecule has 0 unspecified atom stereocenters. The molecule has 7 heteroatoms. The first-order chi connectivity index (χ1) is 14.5. The van der Waals surface area contributed by atoms with Crippen LogP contribution in [0.15, 0.2) is 36.7 Å². The van der Waals surface area contributed by atoms with E-state index < -0.39 is 5.60 Å². The van der Waals surface area contributed by atoms with Crippen LogP contribution in [0.25, 0.3) is 0 Å². The van der Waals surface area contributed by atoms with Crippen LogP contribution >= 0.6 is 0 Å². The summed E-state index contributed by atoms with van der Waals surface area (Å²) in [7, 11) is 0. The molecule has 2 bridgehead atoms. The van der Waals surface area contributed by atoms with E-state index in [0.29, 0.717) is 19.1 Å². The lowest BCUT2D eigenvalue weighted by Crippen LogP contribution is -2.54. The third-order valence-electron chi connectivity index (χ3n) is 7.24. The molecule has 4 atom stereocenters. The van der Waals surface area contributed by atoms with Crippen molar-refractivity contribution in [3.63, 3.8) is 0 Å². The summed E-state index contributed by atoms with van der Waals surface area (Å²) in [6.07, 6.45) is 8.10. The van der Waals surface area contributed by atoms with Crippen LogP contribution in [0.4, 0.5) is 0 Å². The first-order valence-corrected chi connectivity index (χ1v) is 11.1. The molecule has 1 aromatic heterocycles. The van der Waals surface area contributed by atoms with E-state index in [1.165, 1.54) is 0 Å².